The Hall–Kier alpha value is -2.62. The van der Waals surface area contributed by atoms with Crippen LogP contribution in [0.5, 0.6) is 0 Å². The Bertz CT molecular complexity index is 726. The Morgan fingerprint density at radius 2 is 2.15 bits per heavy atom. The molecule has 10 heteroatoms. The smallest absolute Gasteiger partial charge is 0.312 e. The van der Waals surface area contributed by atoms with Gasteiger partial charge in [0.2, 0.25) is 0 Å². The number of aromatic nitrogens is 1. The van der Waals surface area contributed by atoms with E-state index in [4.69, 9.17) is 0 Å². The Labute approximate surface area is 113 Å². The van der Waals surface area contributed by atoms with Gasteiger partial charge in [0.05, 0.1) is 11.1 Å². The van der Waals surface area contributed by atoms with Crippen molar-refractivity contribution >= 4 is 27.1 Å². The zero-order valence-corrected chi connectivity index (χ0v) is 11.0. The van der Waals surface area contributed by atoms with E-state index in [-0.39, 0.29) is 11.4 Å². The fraction of sp³-hybridized carbons (Fsp3) is 0.100. The summed E-state index contributed by atoms with van der Waals surface area (Å²) in [6.07, 6.45) is 2.22. The highest BCUT2D eigenvalue weighted by Gasteiger charge is 2.29. The van der Waals surface area contributed by atoms with Gasteiger partial charge in [-0.3, -0.25) is 14.8 Å². The number of nitro groups is 1. The molecule has 1 aromatic heterocycles. The molecule has 0 spiro atoms. The monoisotopic (exact) mass is 298 g/mol. The summed E-state index contributed by atoms with van der Waals surface area (Å²) < 4.78 is 31.0. The molecule has 0 bridgehead atoms. The maximum absolute atomic E-state index is 12.2. The van der Waals surface area contributed by atoms with E-state index < -0.39 is 25.5 Å². The average Bonchev–Trinajstić information content (AvgIpc) is 2.89. The number of hydrogen-bond donors (Lipinski definition) is 2. The number of nitrogens with one attached hydrogen (secondary N) is 2. The van der Waals surface area contributed by atoms with Crippen LogP contribution >= 0.6 is 0 Å². The quantitative estimate of drug-likeness (QED) is 0.631. The first-order valence-electron chi connectivity index (χ1n) is 5.33. The predicted molar refractivity (Wildman–Crippen MR) is 70.0 cm³/mol. The van der Waals surface area contributed by atoms with Gasteiger partial charge in [-0.1, -0.05) is 11.2 Å². The molecule has 0 radical (unpaired) electrons. The summed E-state index contributed by atoms with van der Waals surface area (Å²) in [5.74, 6) is 0. The van der Waals surface area contributed by atoms with Gasteiger partial charge in [0.1, 0.15) is 17.6 Å². The molecule has 0 aliphatic heterocycles. The SMILES string of the molecule is CNc1cccc(S(=O)(=O)Nc2cnoc2)c1[N+](=O)[O-]. The second kappa shape index (κ2) is 5.17. The third-order valence-corrected chi connectivity index (χ3v) is 3.84. The van der Waals surface area contributed by atoms with Crippen molar-refractivity contribution in [2.75, 3.05) is 17.1 Å². The molecule has 1 heterocycles. The fourth-order valence-corrected chi connectivity index (χ4v) is 2.81. The van der Waals surface area contributed by atoms with Crippen LogP contribution in [0.25, 0.3) is 0 Å². The van der Waals surface area contributed by atoms with Crippen LogP contribution in [0.15, 0.2) is 40.1 Å². The number of sulfonamides is 1. The maximum Gasteiger partial charge on any atom is 0.312 e. The molecule has 106 valence electrons. The molecule has 0 atom stereocenters. The second-order valence-corrected chi connectivity index (χ2v) is 5.33. The minimum Gasteiger partial charge on any atom is -0.383 e. The largest absolute Gasteiger partial charge is 0.383 e. The minimum atomic E-state index is -4.12. The molecular formula is C10H10N4O5S. The summed E-state index contributed by atoms with van der Waals surface area (Å²) in [5.41, 5.74) is -0.351. The van der Waals surface area contributed by atoms with Gasteiger partial charge in [-0.15, -0.1) is 0 Å². The number of hydrogen-bond acceptors (Lipinski definition) is 7. The molecule has 2 aromatic rings. The Morgan fingerprint density at radius 3 is 2.70 bits per heavy atom. The van der Waals surface area contributed by atoms with Crippen molar-refractivity contribution in [2.24, 2.45) is 0 Å². The highest BCUT2D eigenvalue weighted by molar-refractivity contribution is 7.92. The summed E-state index contributed by atoms with van der Waals surface area (Å²) in [6.45, 7) is 0. The van der Waals surface area contributed by atoms with Gasteiger partial charge in [-0.25, -0.2) is 8.42 Å². The lowest BCUT2D eigenvalue weighted by Crippen LogP contribution is -2.15. The molecule has 0 amide bonds. The van der Waals surface area contributed by atoms with Crippen molar-refractivity contribution in [2.45, 2.75) is 4.90 Å². The summed E-state index contributed by atoms with van der Waals surface area (Å²) in [5, 5.41) is 17.0. The van der Waals surface area contributed by atoms with E-state index in [0.717, 1.165) is 18.5 Å². The van der Waals surface area contributed by atoms with Gasteiger partial charge in [-0.2, -0.15) is 0 Å². The Kier molecular flexibility index (Phi) is 3.57. The third kappa shape index (κ3) is 2.54. The van der Waals surface area contributed by atoms with E-state index >= 15 is 0 Å². The van der Waals surface area contributed by atoms with Crippen LogP contribution in [0, 0.1) is 10.1 Å². The normalized spacial score (nSPS) is 11.1. The Morgan fingerprint density at radius 1 is 1.40 bits per heavy atom. The van der Waals surface area contributed by atoms with E-state index in [9.17, 15) is 18.5 Å². The zero-order chi connectivity index (χ0) is 14.8. The van der Waals surface area contributed by atoms with Crippen molar-refractivity contribution < 1.29 is 17.9 Å². The zero-order valence-electron chi connectivity index (χ0n) is 10.2. The lowest BCUT2D eigenvalue weighted by atomic mass is 10.3. The first-order valence-corrected chi connectivity index (χ1v) is 6.81. The Balaban J connectivity index is 2.54. The summed E-state index contributed by atoms with van der Waals surface area (Å²) in [6, 6.07) is 3.96. The summed E-state index contributed by atoms with van der Waals surface area (Å²) in [7, 11) is -2.66. The number of rotatable bonds is 5. The molecule has 0 aliphatic rings. The molecule has 0 fully saturated rings. The van der Waals surface area contributed by atoms with Gasteiger partial charge in [0.15, 0.2) is 4.90 Å². The van der Waals surface area contributed by atoms with Crippen LogP contribution in [0.2, 0.25) is 0 Å². The molecule has 20 heavy (non-hydrogen) atoms. The van der Waals surface area contributed by atoms with Crippen molar-refractivity contribution in [1.29, 1.82) is 0 Å². The molecule has 0 saturated carbocycles. The van der Waals surface area contributed by atoms with Crippen LogP contribution in [-0.4, -0.2) is 25.5 Å². The molecule has 2 rings (SSSR count). The average molecular weight is 298 g/mol. The highest BCUT2D eigenvalue weighted by atomic mass is 32.2. The number of nitro benzene ring substituents is 1. The molecule has 0 unspecified atom stereocenters. The van der Waals surface area contributed by atoms with E-state index in [1.807, 2.05) is 0 Å². The summed E-state index contributed by atoms with van der Waals surface area (Å²) in [4.78, 5) is 9.89. The molecular weight excluding hydrogens is 288 g/mol. The standard InChI is InChI=1S/C10H10N4O5S/c1-11-8-3-2-4-9(10(8)14(15)16)20(17,18)13-7-5-12-19-6-7/h2-6,11,13H,1H3. The number of para-hydroxylation sites is 1. The van der Waals surface area contributed by atoms with Crippen LogP contribution in [0.3, 0.4) is 0 Å². The van der Waals surface area contributed by atoms with Crippen LogP contribution in [-0.2, 0) is 10.0 Å². The highest BCUT2D eigenvalue weighted by Crippen LogP contribution is 2.32. The minimum absolute atomic E-state index is 0.0779. The molecule has 9 nitrogen and oxygen atoms in total. The number of nitrogens with zero attached hydrogens (tertiary/aromatic N) is 2. The topological polar surface area (TPSA) is 127 Å². The summed E-state index contributed by atoms with van der Waals surface area (Å²) >= 11 is 0. The van der Waals surface area contributed by atoms with Gasteiger partial charge < -0.3 is 9.84 Å². The van der Waals surface area contributed by atoms with Crippen molar-refractivity contribution in [1.82, 2.24) is 5.16 Å². The van der Waals surface area contributed by atoms with Crippen LogP contribution < -0.4 is 10.0 Å². The van der Waals surface area contributed by atoms with Gasteiger partial charge in [0, 0.05) is 7.05 Å². The lowest BCUT2D eigenvalue weighted by molar-refractivity contribution is -0.386. The van der Waals surface area contributed by atoms with E-state index in [1.165, 1.54) is 19.2 Å². The van der Waals surface area contributed by atoms with Crippen LogP contribution in [0.4, 0.5) is 17.1 Å². The van der Waals surface area contributed by atoms with Gasteiger partial charge in [0.25, 0.3) is 10.0 Å². The van der Waals surface area contributed by atoms with Crippen LogP contribution in [0.1, 0.15) is 0 Å². The van der Waals surface area contributed by atoms with E-state index in [1.54, 1.807) is 0 Å². The van der Waals surface area contributed by atoms with E-state index in [0.29, 0.717) is 0 Å². The molecule has 0 saturated heterocycles. The molecule has 1 aromatic carbocycles. The fourth-order valence-electron chi connectivity index (χ4n) is 1.59. The van der Waals surface area contributed by atoms with Crippen molar-refractivity contribution in [3.05, 3.63) is 40.8 Å². The second-order valence-electron chi connectivity index (χ2n) is 3.68. The van der Waals surface area contributed by atoms with E-state index in [2.05, 4.69) is 19.7 Å². The first kappa shape index (κ1) is 13.8. The molecule has 2 N–H and O–H groups in total. The molecule has 0 aliphatic carbocycles. The number of anilines is 2. The predicted octanol–water partition coefficient (Wildman–Crippen LogP) is 1.43. The first-order chi connectivity index (χ1) is 9.45. The number of benzene rings is 1. The van der Waals surface area contributed by atoms with Gasteiger partial charge in [-0.05, 0) is 12.1 Å². The van der Waals surface area contributed by atoms with Crippen molar-refractivity contribution in [3.8, 4) is 0 Å². The van der Waals surface area contributed by atoms with Gasteiger partial charge >= 0.3 is 5.69 Å². The van der Waals surface area contributed by atoms with Crippen molar-refractivity contribution in [3.63, 3.8) is 0 Å². The third-order valence-electron chi connectivity index (χ3n) is 2.42. The lowest BCUT2D eigenvalue weighted by Gasteiger charge is -2.08. The maximum atomic E-state index is 12.2.